The molecular weight excluding hydrogens is 291 g/mol. The molecule has 4 nitrogen and oxygen atoms in total. The molecule has 0 bridgehead atoms. The summed E-state index contributed by atoms with van der Waals surface area (Å²) in [6, 6.07) is 9.87. The normalized spacial score (nSPS) is 13.1. The first-order chi connectivity index (χ1) is 9.79. The number of nitrogens with two attached hydrogens (primary N) is 1. The van der Waals surface area contributed by atoms with Crippen LogP contribution in [0.3, 0.4) is 0 Å². The summed E-state index contributed by atoms with van der Waals surface area (Å²) < 4.78 is 40.2. The first-order valence-electron chi connectivity index (χ1n) is 6.43. The van der Waals surface area contributed by atoms with Crippen molar-refractivity contribution >= 4 is 15.7 Å². The highest BCUT2D eigenvalue weighted by Gasteiger charge is 2.20. The molecule has 0 heterocycles. The van der Waals surface area contributed by atoms with Gasteiger partial charge in [0.15, 0.2) is 0 Å². The third kappa shape index (κ3) is 3.59. The van der Waals surface area contributed by atoms with Crippen LogP contribution >= 0.6 is 0 Å². The molecule has 0 aromatic heterocycles. The predicted molar refractivity (Wildman–Crippen MR) is 80.7 cm³/mol. The Morgan fingerprint density at radius 1 is 1.14 bits per heavy atom. The smallest absolute Gasteiger partial charge is 0.241 e. The lowest BCUT2D eigenvalue weighted by atomic mass is 10.1. The molecule has 112 valence electrons. The van der Waals surface area contributed by atoms with Gasteiger partial charge in [-0.2, -0.15) is 0 Å². The van der Waals surface area contributed by atoms with Gasteiger partial charge < -0.3 is 5.73 Å². The summed E-state index contributed by atoms with van der Waals surface area (Å²) in [7, 11) is -3.66. The standard InChI is InChI=1S/C15H17FN2O2S/c1-10-9-14(17)7-8-15(10)21(19,20)18-11(2)12-3-5-13(16)6-4-12/h3-9,11,18H,17H2,1-2H3. The monoisotopic (exact) mass is 308 g/mol. The number of anilines is 1. The van der Waals surface area contributed by atoms with Gasteiger partial charge in [0, 0.05) is 11.7 Å². The number of hydrogen-bond donors (Lipinski definition) is 2. The minimum atomic E-state index is -3.66. The van der Waals surface area contributed by atoms with E-state index < -0.39 is 16.1 Å². The van der Waals surface area contributed by atoms with Gasteiger partial charge in [0.05, 0.1) is 4.90 Å². The Balaban J connectivity index is 2.26. The number of halogens is 1. The van der Waals surface area contributed by atoms with Crippen LogP contribution in [0.5, 0.6) is 0 Å². The van der Waals surface area contributed by atoms with E-state index in [0.717, 1.165) is 0 Å². The Morgan fingerprint density at radius 3 is 2.33 bits per heavy atom. The molecule has 0 amide bonds. The van der Waals surface area contributed by atoms with Crippen molar-refractivity contribution in [3.8, 4) is 0 Å². The molecule has 6 heteroatoms. The van der Waals surface area contributed by atoms with Gasteiger partial charge in [0.25, 0.3) is 0 Å². The lowest BCUT2D eigenvalue weighted by molar-refractivity contribution is 0.566. The maximum Gasteiger partial charge on any atom is 0.241 e. The highest BCUT2D eigenvalue weighted by Crippen LogP contribution is 2.21. The third-order valence-electron chi connectivity index (χ3n) is 3.19. The first-order valence-corrected chi connectivity index (χ1v) is 7.92. The molecule has 0 aliphatic rings. The number of hydrogen-bond acceptors (Lipinski definition) is 3. The van der Waals surface area contributed by atoms with Gasteiger partial charge in [-0.15, -0.1) is 0 Å². The van der Waals surface area contributed by atoms with Crippen molar-refractivity contribution in [2.45, 2.75) is 24.8 Å². The Kier molecular flexibility index (Phi) is 4.29. The molecule has 21 heavy (non-hydrogen) atoms. The summed E-state index contributed by atoms with van der Waals surface area (Å²) >= 11 is 0. The Bertz CT molecular complexity index is 743. The molecule has 0 fully saturated rings. The molecule has 3 N–H and O–H groups in total. The molecule has 1 unspecified atom stereocenters. The van der Waals surface area contributed by atoms with Crippen molar-refractivity contribution in [2.75, 3.05) is 5.73 Å². The highest BCUT2D eigenvalue weighted by atomic mass is 32.2. The second kappa shape index (κ2) is 5.83. The van der Waals surface area contributed by atoms with E-state index in [1.807, 2.05) is 0 Å². The highest BCUT2D eigenvalue weighted by molar-refractivity contribution is 7.89. The van der Waals surface area contributed by atoms with E-state index in [-0.39, 0.29) is 10.7 Å². The van der Waals surface area contributed by atoms with E-state index in [1.165, 1.54) is 18.2 Å². The average Bonchev–Trinajstić information content (AvgIpc) is 2.38. The van der Waals surface area contributed by atoms with Crippen LogP contribution in [0.1, 0.15) is 24.1 Å². The molecule has 2 aromatic carbocycles. The van der Waals surface area contributed by atoms with Crippen molar-refractivity contribution in [3.63, 3.8) is 0 Å². The fourth-order valence-electron chi connectivity index (χ4n) is 2.09. The minimum Gasteiger partial charge on any atom is -0.399 e. The summed E-state index contributed by atoms with van der Waals surface area (Å²) in [5.74, 6) is -0.358. The maximum atomic E-state index is 12.9. The van der Waals surface area contributed by atoms with Crippen LogP contribution in [0.2, 0.25) is 0 Å². The van der Waals surface area contributed by atoms with Crippen LogP contribution in [0.15, 0.2) is 47.4 Å². The van der Waals surface area contributed by atoms with Gasteiger partial charge in [0.1, 0.15) is 5.82 Å². The van der Waals surface area contributed by atoms with Gasteiger partial charge in [-0.25, -0.2) is 17.5 Å². The van der Waals surface area contributed by atoms with Crippen LogP contribution in [-0.4, -0.2) is 8.42 Å². The van der Waals surface area contributed by atoms with Gasteiger partial charge in [-0.05, 0) is 55.3 Å². The van der Waals surface area contributed by atoms with Crippen LogP contribution in [0.25, 0.3) is 0 Å². The molecule has 0 spiro atoms. The van der Waals surface area contributed by atoms with Crippen LogP contribution < -0.4 is 10.5 Å². The van der Waals surface area contributed by atoms with E-state index >= 15 is 0 Å². The van der Waals surface area contributed by atoms with Gasteiger partial charge in [-0.3, -0.25) is 0 Å². The van der Waals surface area contributed by atoms with Crippen LogP contribution in [0.4, 0.5) is 10.1 Å². The SMILES string of the molecule is Cc1cc(N)ccc1S(=O)(=O)NC(C)c1ccc(F)cc1. The van der Waals surface area contributed by atoms with Crippen molar-refractivity contribution in [2.24, 2.45) is 0 Å². The third-order valence-corrected chi connectivity index (χ3v) is 4.89. The van der Waals surface area contributed by atoms with Gasteiger partial charge in [0.2, 0.25) is 10.0 Å². The number of aryl methyl sites for hydroxylation is 1. The summed E-state index contributed by atoms with van der Waals surface area (Å²) in [4.78, 5) is 0.186. The second-order valence-corrected chi connectivity index (χ2v) is 6.60. The topological polar surface area (TPSA) is 72.2 Å². The van der Waals surface area contributed by atoms with Crippen LogP contribution in [-0.2, 0) is 10.0 Å². The number of nitrogen functional groups attached to an aromatic ring is 1. The average molecular weight is 308 g/mol. The van der Waals surface area contributed by atoms with E-state index in [1.54, 1.807) is 38.1 Å². The fraction of sp³-hybridized carbons (Fsp3) is 0.200. The van der Waals surface area contributed by atoms with Gasteiger partial charge in [-0.1, -0.05) is 12.1 Å². The zero-order valence-corrected chi connectivity index (χ0v) is 12.6. The minimum absolute atomic E-state index is 0.186. The number of nitrogens with one attached hydrogen (secondary N) is 1. The second-order valence-electron chi connectivity index (χ2n) is 4.92. The van der Waals surface area contributed by atoms with E-state index in [4.69, 9.17) is 5.73 Å². The largest absolute Gasteiger partial charge is 0.399 e. The quantitative estimate of drug-likeness (QED) is 0.853. The Hall–Kier alpha value is -1.92. The Morgan fingerprint density at radius 2 is 1.76 bits per heavy atom. The first kappa shape index (κ1) is 15.5. The molecule has 0 saturated carbocycles. The number of rotatable bonds is 4. The molecule has 0 radical (unpaired) electrons. The van der Waals surface area contributed by atoms with Gasteiger partial charge >= 0.3 is 0 Å². The maximum absolute atomic E-state index is 12.9. The Labute approximate surface area is 123 Å². The van der Waals surface area contributed by atoms with Crippen molar-refractivity contribution in [3.05, 3.63) is 59.4 Å². The predicted octanol–water partition coefficient (Wildman–Crippen LogP) is 2.76. The lowest BCUT2D eigenvalue weighted by Crippen LogP contribution is -2.27. The summed E-state index contributed by atoms with van der Waals surface area (Å²) in [5, 5.41) is 0. The van der Waals surface area contributed by atoms with E-state index in [2.05, 4.69) is 4.72 Å². The van der Waals surface area contributed by atoms with Crippen molar-refractivity contribution in [1.29, 1.82) is 0 Å². The summed E-state index contributed by atoms with van der Waals surface area (Å²) in [6.07, 6.45) is 0. The molecule has 0 saturated heterocycles. The fourth-order valence-corrected chi connectivity index (χ4v) is 3.55. The zero-order chi connectivity index (χ0) is 15.6. The molecule has 2 rings (SSSR count). The molecule has 0 aliphatic carbocycles. The zero-order valence-electron chi connectivity index (χ0n) is 11.8. The van der Waals surface area contributed by atoms with Crippen LogP contribution in [0, 0.1) is 12.7 Å². The molecule has 0 aliphatic heterocycles. The van der Waals surface area contributed by atoms with Crippen molar-refractivity contribution in [1.82, 2.24) is 4.72 Å². The molecular formula is C15H17FN2O2S. The number of benzene rings is 2. The summed E-state index contributed by atoms with van der Waals surface area (Å²) in [5.41, 5.74) is 7.40. The van der Waals surface area contributed by atoms with E-state index in [0.29, 0.717) is 16.8 Å². The number of sulfonamides is 1. The lowest BCUT2D eigenvalue weighted by Gasteiger charge is -2.16. The van der Waals surface area contributed by atoms with Crippen molar-refractivity contribution < 1.29 is 12.8 Å². The molecule has 1 atom stereocenters. The van der Waals surface area contributed by atoms with E-state index in [9.17, 15) is 12.8 Å². The summed E-state index contributed by atoms with van der Waals surface area (Å²) in [6.45, 7) is 3.39. The molecule has 2 aromatic rings.